The molecule has 0 amide bonds. The Hall–Kier alpha value is -1.05. The second-order valence-electron chi connectivity index (χ2n) is 4.42. The Morgan fingerprint density at radius 3 is 2.79 bits per heavy atom. The summed E-state index contributed by atoms with van der Waals surface area (Å²) in [5.74, 6) is 1.69. The van der Waals surface area contributed by atoms with Crippen LogP contribution < -0.4 is 0 Å². The van der Waals surface area contributed by atoms with E-state index in [1.807, 2.05) is 0 Å². The molecule has 0 aromatic rings. The van der Waals surface area contributed by atoms with Crippen LogP contribution in [0, 0.1) is 17.8 Å². The van der Waals surface area contributed by atoms with Crippen LogP contribution in [0.5, 0.6) is 0 Å². The molecule has 0 spiro atoms. The monoisotopic (exact) mass is 192 g/mol. The molecular formula is C12H16O2. The second-order valence-corrected chi connectivity index (χ2v) is 4.42. The predicted octanol–water partition coefficient (Wildman–Crippen LogP) is 2.32. The first kappa shape index (κ1) is 9.50. The van der Waals surface area contributed by atoms with Crippen molar-refractivity contribution in [3.05, 3.63) is 24.3 Å². The van der Waals surface area contributed by atoms with Gasteiger partial charge in [-0.05, 0) is 37.5 Å². The average molecular weight is 192 g/mol. The van der Waals surface area contributed by atoms with Crippen molar-refractivity contribution in [2.24, 2.45) is 17.8 Å². The largest absolute Gasteiger partial charge is 0.462 e. The first-order valence-corrected chi connectivity index (χ1v) is 5.18. The molecule has 2 nitrogen and oxygen atoms in total. The van der Waals surface area contributed by atoms with Crippen molar-refractivity contribution in [3.8, 4) is 0 Å². The summed E-state index contributed by atoms with van der Waals surface area (Å²) < 4.78 is 5.17. The summed E-state index contributed by atoms with van der Waals surface area (Å²) in [5.41, 5.74) is 0.490. The number of esters is 1. The van der Waals surface area contributed by atoms with Crippen molar-refractivity contribution in [3.63, 3.8) is 0 Å². The number of fused-ring (bicyclic) bond motifs is 2. The Bertz CT molecular complexity index is 291. The zero-order valence-corrected chi connectivity index (χ0v) is 8.53. The molecular weight excluding hydrogens is 176 g/mol. The van der Waals surface area contributed by atoms with Crippen LogP contribution in [0.1, 0.15) is 19.8 Å². The molecule has 1 fully saturated rings. The van der Waals surface area contributed by atoms with Gasteiger partial charge in [-0.2, -0.15) is 0 Å². The van der Waals surface area contributed by atoms with Gasteiger partial charge >= 0.3 is 5.97 Å². The van der Waals surface area contributed by atoms with Gasteiger partial charge in [0.2, 0.25) is 0 Å². The molecule has 1 saturated carbocycles. The molecule has 0 unspecified atom stereocenters. The number of hydrogen-bond acceptors (Lipinski definition) is 2. The minimum Gasteiger partial charge on any atom is -0.462 e. The van der Waals surface area contributed by atoms with Gasteiger partial charge in [0.25, 0.3) is 0 Å². The highest BCUT2D eigenvalue weighted by atomic mass is 16.5. The Morgan fingerprint density at radius 1 is 1.50 bits per heavy atom. The van der Waals surface area contributed by atoms with Crippen LogP contribution in [0.15, 0.2) is 24.3 Å². The lowest BCUT2D eigenvalue weighted by Crippen LogP contribution is -2.17. The minimum atomic E-state index is -0.253. The molecule has 2 heteroatoms. The standard InChI is InChI=1S/C12H16O2/c1-8(2)12(13)14-7-11-6-9-3-4-10(11)5-9/h3-4,9-11H,1,5-7H2,2H3/t9-,10+,11-/m1/s1. The summed E-state index contributed by atoms with van der Waals surface area (Å²) in [6, 6.07) is 0. The van der Waals surface area contributed by atoms with E-state index in [4.69, 9.17) is 4.74 Å². The summed E-state index contributed by atoms with van der Waals surface area (Å²) in [5, 5.41) is 0. The molecule has 2 rings (SSSR count). The van der Waals surface area contributed by atoms with E-state index in [2.05, 4.69) is 18.7 Å². The summed E-state index contributed by atoms with van der Waals surface area (Å²) in [6.45, 7) is 5.81. The second kappa shape index (κ2) is 3.60. The number of allylic oxidation sites excluding steroid dienone is 2. The normalized spacial score (nSPS) is 33.4. The highest BCUT2D eigenvalue weighted by molar-refractivity contribution is 5.86. The first-order valence-electron chi connectivity index (χ1n) is 5.18. The van der Waals surface area contributed by atoms with Gasteiger partial charge in [0.15, 0.2) is 0 Å². The lowest BCUT2D eigenvalue weighted by Gasteiger charge is -2.17. The van der Waals surface area contributed by atoms with Crippen LogP contribution in [-0.4, -0.2) is 12.6 Å². The van der Waals surface area contributed by atoms with Gasteiger partial charge in [0.1, 0.15) is 0 Å². The van der Waals surface area contributed by atoms with E-state index in [1.54, 1.807) is 6.92 Å². The molecule has 0 aliphatic heterocycles. The lowest BCUT2D eigenvalue weighted by atomic mass is 9.95. The van der Waals surface area contributed by atoms with Gasteiger partial charge in [0, 0.05) is 5.57 Å². The molecule has 2 aliphatic rings. The molecule has 0 radical (unpaired) electrons. The third-order valence-corrected chi connectivity index (χ3v) is 3.19. The molecule has 0 aromatic heterocycles. The summed E-state index contributed by atoms with van der Waals surface area (Å²) in [4.78, 5) is 11.2. The molecule has 0 heterocycles. The van der Waals surface area contributed by atoms with Crippen LogP contribution in [0.4, 0.5) is 0 Å². The van der Waals surface area contributed by atoms with Crippen LogP contribution in [-0.2, 0) is 9.53 Å². The summed E-state index contributed by atoms with van der Waals surface area (Å²) >= 11 is 0. The molecule has 0 N–H and O–H groups in total. The summed E-state index contributed by atoms with van der Waals surface area (Å²) in [7, 11) is 0. The predicted molar refractivity (Wildman–Crippen MR) is 54.6 cm³/mol. The molecule has 3 atom stereocenters. The molecule has 2 bridgehead atoms. The van der Waals surface area contributed by atoms with Crippen molar-refractivity contribution in [2.45, 2.75) is 19.8 Å². The molecule has 76 valence electrons. The zero-order chi connectivity index (χ0) is 10.1. The maximum Gasteiger partial charge on any atom is 0.333 e. The van der Waals surface area contributed by atoms with Gasteiger partial charge in [-0.15, -0.1) is 0 Å². The highest BCUT2D eigenvalue weighted by Gasteiger charge is 2.36. The molecule has 0 saturated heterocycles. The fourth-order valence-corrected chi connectivity index (χ4v) is 2.39. The fourth-order valence-electron chi connectivity index (χ4n) is 2.39. The molecule has 2 aliphatic carbocycles. The van der Waals surface area contributed by atoms with Crippen molar-refractivity contribution < 1.29 is 9.53 Å². The SMILES string of the molecule is C=C(C)C(=O)OC[C@H]1C[C@@H]2C=C[C@H]1C2. The third-order valence-electron chi connectivity index (χ3n) is 3.19. The van der Waals surface area contributed by atoms with Crippen molar-refractivity contribution in [1.29, 1.82) is 0 Å². The quantitative estimate of drug-likeness (QED) is 0.389. The van der Waals surface area contributed by atoms with Gasteiger partial charge in [-0.3, -0.25) is 0 Å². The lowest BCUT2D eigenvalue weighted by molar-refractivity contribution is -0.140. The van der Waals surface area contributed by atoms with E-state index in [-0.39, 0.29) is 5.97 Å². The van der Waals surface area contributed by atoms with E-state index >= 15 is 0 Å². The number of carbonyl (C=O) groups is 1. The number of rotatable bonds is 3. The fraction of sp³-hybridized carbons (Fsp3) is 0.583. The van der Waals surface area contributed by atoms with Crippen LogP contribution in [0.2, 0.25) is 0 Å². The van der Waals surface area contributed by atoms with Crippen LogP contribution >= 0.6 is 0 Å². The highest BCUT2D eigenvalue weighted by Crippen LogP contribution is 2.43. The van der Waals surface area contributed by atoms with Crippen LogP contribution in [0.3, 0.4) is 0 Å². The maximum atomic E-state index is 11.2. The van der Waals surface area contributed by atoms with Crippen molar-refractivity contribution >= 4 is 5.97 Å². The Labute approximate surface area is 84.6 Å². The van der Waals surface area contributed by atoms with E-state index in [9.17, 15) is 4.79 Å². The average Bonchev–Trinajstić information content (AvgIpc) is 2.74. The van der Waals surface area contributed by atoms with Gasteiger partial charge < -0.3 is 4.74 Å². The topological polar surface area (TPSA) is 26.3 Å². The van der Waals surface area contributed by atoms with Crippen molar-refractivity contribution in [1.82, 2.24) is 0 Å². The Morgan fingerprint density at radius 2 is 2.29 bits per heavy atom. The maximum absolute atomic E-state index is 11.2. The smallest absolute Gasteiger partial charge is 0.333 e. The Kier molecular flexibility index (Phi) is 2.44. The van der Waals surface area contributed by atoms with Gasteiger partial charge in [0.05, 0.1) is 6.61 Å². The number of hydrogen-bond donors (Lipinski definition) is 0. The van der Waals surface area contributed by atoms with E-state index in [0.29, 0.717) is 24.0 Å². The third kappa shape index (κ3) is 1.74. The zero-order valence-electron chi connectivity index (χ0n) is 8.53. The van der Waals surface area contributed by atoms with Gasteiger partial charge in [-0.25, -0.2) is 4.79 Å². The van der Waals surface area contributed by atoms with Crippen LogP contribution in [0.25, 0.3) is 0 Å². The number of carbonyl (C=O) groups excluding carboxylic acids is 1. The van der Waals surface area contributed by atoms with E-state index < -0.39 is 0 Å². The summed E-state index contributed by atoms with van der Waals surface area (Å²) in [6.07, 6.45) is 7.01. The molecule has 0 aromatic carbocycles. The first-order chi connectivity index (χ1) is 6.66. The van der Waals surface area contributed by atoms with E-state index in [0.717, 1.165) is 5.92 Å². The van der Waals surface area contributed by atoms with Crippen molar-refractivity contribution in [2.75, 3.05) is 6.61 Å². The minimum absolute atomic E-state index is 0.253. The number of ether oxygens (including phenoxy) is 1. The molecule has 14 heavy (non-hydrogen) atoms. The Balaban J connectivity index is 1.80. The van der Waals surface area contributed by atoms with E-state index in [1.165, 1.54) is 12.8 Å². The van der Waals surface area contributed by atoms with Gasteiger partial charge in [-0.1, -0.05) is 18.7 Å².